The average Bonchev–Trinajstić information content (AvgIpc) is 3.26. The van der Waals surface area contributed by atoms with Gasteiger partial charge in [-0.1, -0.05) is 24.3 Å². The molecule has 2 aromatic heterocycles. The number of carbonyl (C=O) groups is 2. The summed E-state index contributed by atoms with van der Waals surface area (Å²) in [7, 11) is 0. The summed E-state index contributed by atoms with van der Waals surface area (Å²) < 4.78 is 65.4. The number of rotatable bonds is 3. The topological polar surface area (TPSA) is 149 Å². The lowest BCUT2D eigenvalue weighted by molar-refractivity contribution is -0.193. The van der Waals surface area contributed by atoms with E-state index >= 15 is 0 Å². The van der Waals surface area contributed by atoms with Crippen molar-refractivity contribution in [1.29, 1.82) is 0 Å². The highest BCUT2D eigenvalue weighted by Crippen LogP contribution is 2.29. The molecule has 0 atom stereocenters. The van der Waals surface area contributed by atoms with Crippen LogP contribution in [0.25, 0.3) is 21.9 Å². The van der Waals surface area contributed by atoms with Crippen molar-refractivity contribution in [3.8, 4) is 5.75 Å². The van der Waals surface area contributed by atoms with Crippen molar-refractivity contribution in [2.45, 2.75) is 37.8 Å². The maximum Gasteiger partial charge on any atom is 0.490 e. The number of aromatic amines is 1. The molecule has 0 unspecified atom stereocenters. The van der Waals surface area contributed by atoms with E-state index in [1.54, 1.807) is 12.3 Å². The van der Waals surface area contributed by atoms with E-state index in [4.69, 9.17) is 19.8 Å². The SMILES string of the molecule is O=C(O)C(F)(F)F.O=C(O)C(F)(F)F.O=c1[nH]c2ccccc2n1C1CCN(Cc2ccc(O)c3ncccc23)CC1. The molecule has 1 fully saturated rings. The van der Waals surface area contributed by atoms with Gasteiger partial charge in [-0.25, -0.2) is 14.4 Å². The quantitative estimate of drug-likeness (QED) is 0.247. The van der Waals surface area contributed by atoms with Gasteiger partial charge < -0.3 is 20.3 Å². The van der Waals surface area contributed by atoms with Crippen molar-refractivity contribution in [2.24, 2.45) is 0 Å². The lowest BCUT2D eigenvalue weighted by Crippen LogP contribution is -2.36. The number of pyridine rings is 1. The molecule has 10 nitrogen and oxygen atoms in total. The van der Waals surface area contributed by atoms with E-state index in [1.165, 1.54) is 5.56 Å². The van der Waals surface area contributed by atoms with Gasteiger partial charge in [-0.3, -0.25) is 14.5 Å². The van der Waals surface area contributed by atoms with Gasteiger partial charge in [-0.15, -0.1) is 0 Å². The van der Waals surface area contributed by atoms with Crippen LogP contribution in [-0.4, -0.2) is 72.1 Å². The molecule has 4 N–H and O–H groups in total. The average molecular weight is 602 g/mol. The van der Waals surface area contributed by atoms with Gasteiger partial charge in [0.2, 0.25) is 0 Å². The molecule has 226 valence electrons. The number of halogens is 6. The Kier molecular flexibility index (Phi) is 9.83. The predicted molar refractivity (Wildman–Crippen MR) is 137 cm³/mol. The fraction of sp³-hybridized carbons (Fsp3) is 0.308. The minimum absolute atomic E-state index is 0.0183. The third-order valence-corrected chi connectivity index (χ3v) is 6.26. The second kappa shape index (κ2) is 12.9. The number of likely N-dealkylation sites (tertiary alicyclic amines) is 1. The van der Waals surface area contributed by atoms with Gasteiger partial charge >= 0.3 is 30.0 Å². The molecule has 0 bridgehead atoms. The van der Waals surface area contributed by atoms with Crippen molar-refractivity contribution in [3.05, 3.63) is 70.8 Å². The van der Waals surface area contributed by atoms with Crippen LogP contribution >= 0.6 is 0 Å². The van der Waals surface area contributed by atoms with Crippen LogP contribution in [0.3, 0.4) is 0 Å². The molecule has 16 heteroatoms. The Morgan fingerprint density at radius 1 is 0.905 bits per heavy atom. The first-order valence-electron chi connectivity index (χ1n) is 12.2. The first-order chi connectivity index (χ1) is 19.6. The first kappa shape index (κ1) is 31.9. The zero-order chi connectivity index (χ0) is 31.2. The standard InChI is InChI=1S/C22H22N4O2.2C2HF3O2/c27-20-8-7-15(17-4-3-11-23-21(17)20)14-25-12-9-16(10-13-25)26-19-6-2-1-5-18(19)24-22(26)28;2*3-2(4,5)1(6)7/h1-8,11,16,27H,9-10,12-14H2,(H,24,28);2*(H,6,7). The van der Waals surface area contributed by atoms with Gasteiger partial charge in [0.25, 0.3) is 0 Å². The second-order valence-electron chi connectivity index (χ2n) is 9.07. The lowest BCUT2D eigenvalue weighted by Gasteiger charge is -2.32. The Labute approximate surface area is 232 Å². The molecule has 4 aromatic rings. The number of benzene rings is 2. The summed E-state index contributed by atoms with van der Waals surface area (Å²) in [4.78, 5) is 39.9. The van der Waals surface area contributed by atoms with Gasteiger partial charge in [0.15, 0.2) is 0 Å². The third-order valence-electron chi connectivity index (χ3n) is 6.26. The summed E-state index contributed by atoms with van der Waals surface area (Å²) in [6, 6.07) is 15.7. The van der Waals surface area contributed by atoms with Gasteiger partial charge in [-0.2, -0.15) is 26.3 Å². The molecule has 0 saturated carbocycles. The number of hydrogen-bond acceptors (Lipinski definition) is 6. The van der Waals surface area contributed by atoms with Crippen molar-refractivity contribution in [2.75, 3.05) is 13.1 Å². The maximum absolute atomic E-state index is 12.5. The zero-order valence-corrected chi connectivity index (χ0v) is 21.5. The van der Waals surface area contributed by atoms with E-state index in [0.717, 1.165) is 48.9 Å². The first-order valence-corrected chi connectivity index (χ1v) is 12.2. The number of para-hydroxylation sites is 2. The van der Waals surface area contributed by atoms with E-state index in [-0.39, 0.29) is 17.5 Å². The van der Waals surface area contributed by atoms with Gasteiger partial charge in [-0.05, 0) is 42.7 Å². The van der Waals surface area contributed by atoms with Gasteiger partial charge in [0.05, 0.1) is 11.0 Å². The van der Waals surface area contributed by atoms with Gasteiger partial charge in [0, 0.05) is 37.3 Å². The van der Waals surface area contributed by atoms with Gasteiger partial charge in [0.1, 0.15) is 11.3 Å². The predicted octanol–water partition coefficient (Wildman–Crippen LogP) is 4.69. The number of aromatic hydroxyl groups is 1. The maximum atomic E-state index is 12.5. The van der Waals surface area contributed by atoms with Crippen LogP contribution in [0.5, 0.6) is 5.75 Å². The lowest BCUT2D eigenvalue weighted by atomic mass is 10.0. The number of nitrogens with zero attached hydrogens (tertiary/aromatic N) is 3. The molecule has 1 aliphatic rings. The fourth-order valence-corrected chi connectivity index (χ4v) is 4.37. The summed E-state index contributed by atoms with van der Waals surface area (Å²) >= 11 is 0. The van der Waals surface area contributed by atoms with Crippen LogP contribution in [0.4, 0.5) is 26.3 Å². The number of fused-ring (bicyclic) bond motifs is 2. The largest absolute Gasteiger partial charge is 0.506 e. The highest BCUT2D eigenvalue weighted by Gasteiger charge is 2.38. The normalized spacial score (nSPS) is 14.5. The Bertz CT molecular complexity index is 1580. The summed E-state index contributed by atoms with van der Waals surface area (Å²) in [5.41, 5.74) is 3.69. The number of phenols is 1. The monoisotopic (exact) mass is 602 g/mol. The number of nitrogens with one attached hydrogen (secondary N) is 1. The minimum atomic E-state index is -5.08. The highest BCUT2D eigenvalue weighted by atomic mass is 19.4. The number of aromatic nitrogens is 3. The molecule has 42 heavy (non-hydrogen) atoms. The Morgan fingerprint density at radius 2 is 1.48 bits per heavy atom. The summed E-state index contributed by atoms with van der Waals surface area (Å²) in [6.07, 6.45) is -6.58. The molecule has 2 aromatic carbocycles. The third kappa shape index (κ3) is 7.99. The molecule has 0 spiro atoms. The van der Waals surface area contributed by atoms with Crippen LogP contribution in [0.1, 0.15) is 24.4 Å². The number of alkyl halides is 6. The zero-order valence-electron chi connectivity index (χ0n) is 21.5. The van der Waals surface area contributed by atoms with E-state index in [1.807, 2.05) is 47.0 Å². The second-order valence-corrected chi connectivity index (χ2v) is 9.07. The van der Waals surface area contributed by atoms with Crippen molar-refractivity contribution in [1.82, 2.24) is 19.4 Å². The smallest absolute Gasteiger partial charge is 0.490 e. The number of imidazole rings is 1. The van der Waals surface area contributed by atoms with Crippen molar-refractivity contribution in [3.63, 3.8) is 0 Å². The Morgan fingerprint density at radius 3 is 2.05 bits per heavy atom. The molecule has 0 amide bonds. The number of carboxylic acids is 2. The molecule has 0 radical (unpaired) electrons. The number of hydrogen-bond donors (Lipinski definition) is 4. The fourth-order valence-electron chi connectivity index (χ4n) is 4.37. The van der Waals surface area contributed by atoms with Crippen molar-refractivity contribution < 1.29 is 51.3 Å². The Hall–Kier alpha value is -4.60. The minimum Gasteiger partial charge on any atom is -0.506 e. The number of piperidine rings is 1. The number of carboxylic acid groups (broad SMARTS) is 2. The summed E-state index contributed by atoms with van der Waals surface area (Å²) in [5.74, 6) is -5.29. The number of H-pyrrole nitrogens is 1. The molecule has 3 heterocycles. The molecule has 5 rings (SSSR count). The molecular formula is C26H24F6N4O6. The number of aliphatic carboxylic acids is 2. The molecule has 0 aliphatic carbocycles. The van der Waals surface area contributed by atoms with E-state index in [0.29, 0.717) is 5.52 Å². The van der Waals surface area contributed by atoms with Crippen LogP contribution < -0.4 is 5.69 Å². The summed E-state index contributed by atoms with van der Waals surface area (Å²) in [5, 5.41) is 25.3. The van der Waals surface area contributed by atoms with Crippen LogP contribution in [-0.2, 0) is 16.1 Å². The highest BCUT2D eigenvalue weighted by molar-refractivity contribution is 5.87. The van der Waals surface area contributed by atoms with Crippen LogP contribution in [0.2, 0.25) is 0 Å². The number of phenolic OH excluding ortho intramolecular Hbond substituents is 1. The van der Waals surface area contributed by atoms with E-state index < -0.39 is 24.3 Å². The molecule has 1 aliphatic heterocycles. The van der Waals surface area contributed by atoms with E-state index in [2.05, 4.69) is 14.9 Å². The Balaban J connectivity index is 0.000000289. The summed E-state index contributed by atoms with van der Waals surface area (Å²) in [6.45, 7) is 2.68. The van der Waals surface area contributed by atoms with Crippen LogP contribution in [0, 0.1) is 0 Å². The van der Waals surface area contributed by atoms with Crippen LogP contribution in [0.15, 0.2) is 59.5 Å². The molecular weight excluding hydrogens is 578 g/mol. The van der Waals surface area contributed by atoms with Crippen molar-refractivity contribution >= 4 is 33.9 Å². The molecule has 1 saturated heterocycles. The van der Waals surface area contributed by atoms with E-state index in [9.17, 15) is 36.2 Å².